The second kappa shape index (κ2) is 9.15. The van der Waals surface area contributed by atoms with Crippen molar-refractivity contribution in [2.24, 2.45) is 0 Å². The summed E-state index contributed by atoms with van der Waals surface area (Å²) in [5, 5.41) is 5.08. The van der Waals surface area contributed by atoms with Crippen LogP contribution in [-0.2, 0) is 9.53 Å². The third-order valence-corrected chi connectivity index (χ3v) is 5.24. The van der Waals surface area contributed by atoms with Gasteiger partial charge in [0.1, 0.15) is 5.01 Å². The van der Waals surface area contributed by atoms with Gasteiger partial charge in [0.25, 0.3) is 5.91 Å². The molecule has 0 saturated carbocycles. The molecule has 3 aromatic carbocycles. The van der Waals surface area contributed by atoms with Gasteiger partial charge in [-0.15, -0.1) is 11.3 Å². The number of esters is 1. The zero-order valence-corrected chi connectivity index (χ0v) is 16.8. The van der Waals surface area contributed by atoms with Gasteiger partial charge in [-0.25, -0.2) is 9.78 Å². The lowest BCUT2D eigenvalue weighted by Gasteiger charge is -2.07. The Morgan fingerprint density at radius 3 is 2.07 bits per heavy atom. The van der Waals surface area contributed by atoms with Gasteiger partial charge in [0, 0.05) is 16.6 Å². The van der Waals surface area contributed by atoms with E-state index in [0.717, 1.165) is 21.7 Å². The van der Waals surface area contributed by atoms with Crippen LogP contribution in [0, 0.1) is 0 Å². The van der Waals surface area contributed by atoms with Crippen molar-refractivity contribution in [2.75, 3.05) is 11.9 Å². The molecule has 0 unspecified atom stereocenters. The molecule has 0 aliphatic carbocycles. The summed E-state index contributed by atoms with van der Waals surface area (Å²) < 4.78 is 5.10. The number of hydrogen-bond acceptors (Lipinski definition) is 5. The van der Waals surface area contributed by atoms with Crippen LogP contribution in [0.4, 0.5) is 5.69 Å². The number of nitrogens with one attached hydrogen (secondary N) is 1. The SMILES string of the molecule is O=C(COC(=O)c1csc(-c2ccccc2)n1)Nc1ccc(-c2ccccc2)cc1. The summed E-state index contributed by atoms with van der Waals surface area (Å²) in [6, 6.07) is 27.0. The number of rotatable bonds is 6. The minimum atomic E-state index is -0.622. The van der Waals surface area contributed by atoms with Crippen molar-refractivity contribution in [1.82, 2.24) is 4.98 Å². The Hall–Kier alpha value is -3.77. The maximum atomic E-state index is 12.2. The van der Waals surface area contributed by atoms with Crippen LogP contribution in [0.3, 0.4) is 0 Å². The zero-order valence-electron chi connectivity index (χ0n) is 15.9. The lowest BCUT2D eigenvalue weighted by molar-refractivity contribution is -0.119. The van der Waals surface area contributed by atoms with Gasteiger partial charge in [0.05, 0.1) is 0 Å². The predicted molar refractivity (Wildman–Crippen MR) is 118 cm³/mol. The Bertz CT molecular complexity index is 1140. The number of hydrogen-bond donors (Lipinski definition) is 1. The first-order valence-electron chi connectivity index (χ1n) is 9.32. The molecule has 1 aromatic heterocycles. The summed E-state index contributed by atoms with van der Waals surface area (Å²) >= 11 is 1.35. The van der Waals surface area contributed by atoms with Crippen molar-refractivity contribution in [3.05, 3.63) is 96.0 Å². The molecule has 0 radical (unpaired) electrons. The topological polar surface area (TPSA) is 68.3 Å². The third-order valence-electron chi connectivity index (χ3n) is 4.34. The molecule has 4 rings (SSSR count). The molecule has 148 valence electrons. The molecule has 6 heteroatoms. The summed E-state index contributed by atoms with van der Waals surface area (Å²) in [5.74, 6) is -1.03. The molecule has 0 spiro atoms. The van der Waals surface area contributed by atoms with Crippen LogP contribution in [-0.4, -0.2) is 23.5 Å². The highest BCUT2D eigenvalue weighted by Gasteiger charge is 2.15. The Balaban J connectivity index is 1.30. The Kier molecular flexibility index (Phi) is 5.96. The molecule has 0 aliphatic heterocycles. The van der Waals surface area contributed by atoms with E-state index in [2.05, 4.69) is 10.3 Å². The van der Waals surface area contributed by atoms with E-state index in [1.54, 1.807) is 5.38 Å². The van der Waals surface area contributed by atoms with Gasteiger partial charge >= 0.3 is 5.97 Å². The second-order valence-corrected chi connectivity index (χ2v) is 7.33. The normalized spacial score (nSPS) is 10.4. The number of thiazole rings is 1. The highest BCUT2D eigenvalue weighted by Crippen LogP contribution is 2.24. The number of benzene rings is 3. The van der Waals surface area contributed by atoms with Crippen LogP contribution in [0.15, 0.2) is 90.3 Å². The van der Waals surface area contributed by atoms with Gasteiger partial charge in [-0.05, 0) is 23.3 Å². The molecule has 1 N–H and O–H groups in total. The Morgan fingerprint density at radius 1 is 0.800 bits per heavy atom. The van der Waals surface area contributed by atoms with Crippen LogP contribution in [0.5, 0.6) is 0 Å². The molecule has 30 heavy (non-hydrogen) atoms. The monoisotopic (exact) mass is 414 g/mol. The number of anilines is 1. The quantitative estimate of drug-likeness (QED) is 0.436. The smallest absolute Gasteiger partial charge is 0.358 e. The van der Waals surface area contributed by atoms with Crippen molar-refractivity contribution in [2.45, 2.75) is 0 Å². The predicted octanol–water partition coefficient (Wildman–Crippen LogP) is 5.27. The fourth-order valence-corrected chi connectivity index (χ4v) is 3.65. The van der Waals surface area contributed by atoms with E-state index < -0.39 is 11.9 Å². The van der Waals surface area contributed by atoms with Crippen molar-refractivity contribution >= 4 is 28.9 Å². The summed E-state index contributed by atoms with van der Waals surface area (Å²) in [7, 11) is 0. The van der Waals surface area contributed by atoms with Crippen molar-refractivity contribution in [1.29, 1.82) is 0 Å². The first kappa shape index (κ1) is 19.5. The van der Waals surface area contributed by atoms with Gasteiger partial charge in [-0.2, -0.15) is 0 Å². The lowest BCUT2D eigenvalue weighted by Crippen LogP contribution is -2.21. The molecule has 5 nitrogen and oxygen atoms in total. The first-order valence-corrected chi connectivity index (χ1v) is 10.2. The van der Waals surface area contributed by atoms with Crippen molar-refractivity contribution in [3.63, 3.8) is 0 Å². The van der Waals surface area contributed by atoms with Crippen LogP contribution in [0.25, 0.3) is 21.7 Å². The fourth-order valence-electron chi connectivity index (χ4n) is 2.86. The molecule has 1 amide bonds. The van der Waals surface area contributed by atoms with Gasteiger partial charge in [0.15, 0.2) is 12.3 Å². The van der Waals surface area contributed by atoms with Crippen LogP contribution < -0.4 is 5.32 Å². The Morgan fingerprint density at radius 2 is 1.40 bits per heavy atom. The number of carbonyl (C=O) groups is 2. The van der Waals surface area contributed by atoms with Crippen LogP contribution >= 0.6 is 11.3 Å². The number of aromatic nitrogens is 1. The van der Waals surface area contributed by atoms with Gasteiger partial charge in [0.2, 0.25) is 0 Å². The first-order chi connectivity index (χ1) is 14.7. The molecule has 4 aromatic rings. The highest BCUT2D eigenvalue weighted by molar-refractivity contribution is 7.13. The van der Waals surface area contributed by atoms with E-state index in [1.165, 1.54) is 11.3 Å². The van der Waals surface area contributed by atoms with E-state index in [0.29, 0.717) is 5.69 Å². The average Bonchev–Trinajstić information content (AvgIpc) is 3.30. The molecule has 0 fully saturated rings. The number of carbonyl (C=O) groups excluding carboxylic acids is 2. The van der Waals surface area contributed by atoms with Crippen molar-refractivity contribution < 1.29 is 14.3 Å². The summed E-state index contributed by atoms with van der Waals surface area (Å²) in [4.78, 5) is 28.6. The van der Waals surface area contributed by atoms with Gasteiger partial charge in [-0.1, -0.05) is 72.8 Å². The molecular formula is C24H18N2O3S. The molecule has 0 atom stereocenters. The Labute approximate surface area is 178 Å². The molecular weight excluding hydrogens is 396 g/mol. The van der Waals surface area contributed by atoms with E-state index in [4.69, 9.17) is 4.74 Å². The van der Waals surface area contributed by atoms with Gasteiger partial charge < -0.3 is 10.1 Å². The number of nitrogens with zero attached hydrogens (tertiary/aromatic N) is 1. The minimum absolute atomic E-state index is 0.193. The number of amides is 1. The summed E-state index contributed by atoms with van der Waals surface area (Å²) in [6.45, 7) is -0.378. The maximum Gasteiger partial charge on any atom is 0.358 e. The standard InChI is InChI=1S/C24H18N2O3S/c27-22(25-20-13-11-18(12-14-20)17-7-3-1-4-8-17)15-29-24(28)21-16-30-23(26-21)19-9-5-2-6-10-19/h1-14,16H,15H2,(H,25,27). The largest absolute Gasteiger partial charge is 0.451 e. The maximum absolute atomic E-state index is 12.2. The molecule has 0 aliphatic rings. The van der Waals surface area contributed by atoms with Crippen LogP contribution in [0.1, 0.15) is 10.5 Å². The van der Waals surface area contributed by atoms with Crippen molar-refractivity contribution in [3.8, 4) is 21.7 Å². The minimum Gasteiger partial charge on any atom is -0.451 e. The third kappa shape index (κ3) is 4.79. The van der Waals surface area contributed by atoms with E-state index in [9.17, 15) is 9.59 Å². The van der Waals surface area contributed by atoms with E-state index >= 15 is 0 Å². The molecule has 0 saturated heterocycles. The zero-order chi connectivity index (χ0) is 20.8. The second-order valence-electron chi connectivity index (χ2n) is 6.47. The van der Waals surface area contributed by atoms with Crippen LogP contribution in [0.2, 0.25) is 0 Å². The fraction of sp³-hybridized carbons (Fsp3) is 0.0417. The summed E-state index contributed by atoms with van der Waals surface area (Å²) in [5.41, 5.74) is 3.91. The lowest BCUT2D eigenvalue weighted by atomic mass is 10.1. The summed E-state index contributed by atoms with van der Waals surface area (Å²) in [6.07, 6.45) is 0. The van der Waals surface area contributed by atoms with E-state index in [-0.39, 0.29) is 12.3 Å². The number of ether oxygens (including phenoxy) is 1. The average molecular weight is 414 g/mol. The highest BCUT2D eigenvalue weighted by atomic mass is 32.1. The van der Waals surface area contributed by atoms with E-state index in [1.807, 2.05) is 84.9 Å². The molecule has 0 bridgehead atoms. The van der Waals surface area contributed by atoms with Gasteiger partial charge in [-0.3, -0.25) is 4.79 Å². The molecule has 1 heterocycles.